The molecule has 7 heteroatoms. The van der Waals surface area contributed by atoms with E-state index in [2.05, 4.69) is 32.2 Å². The largest absolute Gasteiger partial charge is 0.368 e. The van der Waals surface area contributed by atoms with Crippen molar-refractivity contribution < 1.29 is 9.53 Å². The quantitative estimate of drug-likeness (QED) is 0.837. The highest BCUT2D eigenvalue weighted by Crippen LogP contribution is 2.28. The molecule has 0 radical (unpaired) electrons. The molecule has 1 fully saturated rings. The van der Waals surface area contributed by atoms with Crippen molar-refractivity contribution in [2.45, 2.75) is 71.6 Å². The molecule has 2 aromatic rings. The lowest BCUT2D eigenvalue weighted by atomic mass is 9.92. The maximum absolute atomic E-state index is 12.7. The molecular formula is C23H32N4O3. The lowest BCUT2D eigenvalue weighted by molar-refractivity contribution is -0.130. The fourth-order valence-electron chi connectivity index (χ4n) is 4.36. The molecule has 2 aliphatic rings. The summed E-state index contributed by atoms with van der Waals surface area (Å²) in [4.78, 5) is 29.8. The number of aromatic nitrogens is 3. The van der Waals surface area contributed by atoms with Gasteiger partial charge in [-0.05, 0) is 55.2 Å². The van der Waals surface area contributed by atoms with E-state index in [1.165, 1.54) is 5.57 Å². The highest BCUT2D eigenvalue weighted by atomic mass is 16.5. The van der Waals surface area contributed by atoms with Crippen molar-refractivity contribution in [3.8, 4) is 0 Å². The summed E-state index contributed by atoms with van der Waals surface area (Å²) in [6, 6.07) is 4.17. The van der Waals surface area contributed by atoms with E-state index in [-0.39, 0.29) is 29.2 Å². The summed E-state index contributed by atoms with van der Waals surface area (Å²) in [5.41, 5.74) is 3.66. The Labute approximate surface area is 177 Å². The minimum Gasteiger partial charge on any atom is -0.368 e. The molecule has 162 valence electrons. The predicted molar refractivity (Wildman–Crippen MR) is 117 cm³/mol. The van der Waals surface area contributed by atoms with E-state index in [0.717, 1.165) is 49.0 Å². The number of rotatable bonds is 4. The zero-order valence-electron chi connectivity index (χ0n) is 18.4. The summed E-state index contributed by atoms with van der Waals surface area (Å²) in [6.45, 7) is 7.71. The molecule has 1 amide bonds. The molecular weight excluding hydrogens is 380 g/mol. The van der Waals surface area contributed by atoms with Crippen molar-refractivity contribution in [3.05, 3.63) is 34.4 Å². The van der Waals surface area contributed by atoms with Gasteiger partial charge >= 0.3 is 5.69 Å². The molecule has 30 heavy (non-hydrogen) atoms. The average Bonchev–Trinajstić information content (AvgIpc) is 3.32. The Morgan fingerprint density at radius 1 is 1.30 bits per heavy atom. The molecule has 2 aromatic heterocycles. The fourth-order valence-corrected chi connectivity index (χ4v) is 4.36. The number of hydrogen-bond acceptors (Lipinski definition) is 4. The van der Waals surface area contributed by atoms with Gasteiger partial charge in [-0.1, -0.05) is 26.8 Å². The minimum absolute atomic E-state index is 0.00562. The summed E-state index contributed by atoms with van der Waals surface area (Å²) >= 11 is 0. The Kier molecular flexibility index (Phi) is 5.57. The van der Waals surface area contributed by atoms with Gasteiger partial charge in [-0.15, -0.1) is 0 Å². The van der Waals surface area contributed by atoms with Gasteiger partial charge in [0.05, 0.1) is 11.2 Å². The zero-order valence-corrected chi connectivity index (χ0v) is 18.4. The number of ether oxygens (including phenoxy) is 1. The smallest absolute Gasteiger partial charge is 0.330 e. The van der Waals surface area contributed by atoms with Gasteiger partial charge in [0.25, 0.3) is 0 Å². The zero-order chi connectivity index (χ0) is 21.5. The van der Waals surface area contributed by atoms with Gasteiger partial charge in [0.15, 0.2) is 5.65 Å². The summed E-state index contributed by atoms with van der Waals surface area (Å²) in [7, 11) is 1.78. The Balaban J connectivity index is 1.51. The van der Waals surface area contributed by atoms with Crippen LogP contribution in [0.15, 0.2) is 23.0 Å². The molecule has 0 aromatic carbocycles. The third kappa shape index (κ3) is 4.21. The number of carbonyl (C=O) groups excluding carboxylic acids is 1. The minimum atomic E-state index is -0.280. The second kappa shape index (κ2) is 8.02. The second-order valence-electron chi connectivity index (χ2n) is 9.74. The van der Waals surface area contributed by atoms with Crippen LogP contribution in [0.2, 0.25) is 0 Å². The lowest BCUT2D eigenvalue weighted by Crippen LogP contribution is -2.41. The number of pyridine rings is 1. The van der Waals surface area contributed by atoms with Gasteiger partial charge in [0.1, 0.15) is 6.10 Å². The fraction of sp³-hybridized carbons (Fsp3) is 0.609. The molecule has 0 bridgehead atoms. The van der Waals surface area contributed by atoms with Crippen LogP contribution >= 0.6 is 0 Å². The molecule has 4 rings (SSSR count). The van der Waals surface area contributed by atoms with Gasteiger partial charge in [0.2, 0.25) is 5.91 Å². The number of aryl methyl sites for hydroxylation is 1. The molecule has 2 atom stereocenters. The summed E-state index contributed by atoms with van der Waals surface area (Å²) in [5, 5.41) is 3.13. The van der Waals surface area contributed by atoms with Crippen LogP contribution in [0.25, 0.3) is 16.7 Å². The topological polar surface area (TPSA) is 78.2 Å². The number of fused-ring (bicyclic) bond motifs is 1. The van der Waals surface area contributed by atoms with Crippen LogP contribution in [0.3, 0.4) is 0 Å². The summed E-state index contributed by atoms with van der Waals surface area (Å²) < 4.78 is 8.93. The number of imidazole rings is 1. The maximum atomic E-state index is 12.7. The third-order valence-electron chi connectivity index (χ3n) is 5.92. The van der Waals surface area contributed by atoms with E-state index in [4.69, 9.17) is 9.72 Å². The molecule has 7 nitrogen and oxygen atoms in total. The van der Waals surface area contributed by atoms with Crippen LogP contribution in [0, 0.1) is 5.41 Å². The average molecular weight is 413 g/mol. The van der Waals surface area contributed by atoms with Gasteiger partial charge < -0.3 is 10.1 Å². The van der Waals surface area contributed by atoms with Crippen molar-refractivity contribution in [2.24, 2.45) is 12.5 Å². The number of allylic oxidation sites excluding steroid dienone is 1. The Bertz CT molecular complexity index is 1040. The lowest BCUT2D eigenvalue weighted by Gasteiger charge is -2.24. The second-order valence-corrected chi connectivity index (χ2v) is 9.74. The van der Waals surface area contributed by atoms with Crippen molar-refractivity contribution in [1.29, 1.82) is 0 Å². The number of nitrogens with one attached hydrogen (secondary N) is 1. The monoisotopic (exact) mass is 412 g/mol. The van der Waals surface area contributed by atoms with E-state index in [1.807, 2.05) is 16.7 Å². The van der Waals surface area contributed by atoms with Crippen molar-refractivity contribution >= 4 is 22.6 Å². The van der Waals surface area contributed by atoms with E-state index < -0.39 is 0 Å². The van der Waals surface area contributed by atoms with Gasteiger partial charge in [0, 0.05) is 26.2 Å². The SMILES string of the molecule is Cn1c(=O)n(CC(C)(C)C)c2ccc(C3=CCC(NC(=O)C4CCCO4)CC3)nc21. The molecule has 1 N–H and O–H groups in total. The van der Waals surface area contributed by atoms with Crippen molar-refractivity contribution in [3.63, 3.8) is 0 Å². The predicted octanol–water partition coefficient (Wildman–Crippen LogP) is 3.01. The molecule has 2 unspecified atom stereocenters. The summed E-state index contributed by atoms with van der Waals surface area (Å²) in [6.07, 6.45) is 6.19. The van der Waals surface area contributed by atoms with E-state index in [9.17, 15) is 9.59 Å². The first-order valence-electron chi connectivity index (χ1n) is 10.9. The van der Waals surface area contributed by atoms with E-state index in [1.54, 1.807) is 11.6 Å². The van der Waals surface area contributed by atoms with Gasteiger partial charge in [-0.3, -0.25) is 13.9 Å². The molecule has 0 spiro atoms. The number of hydrogen-bond donors (Lipinski definition) is 1. The van der Waals surface area contributed by atoms with Crippen LogP contribution in [-0.2, 0) is 23.1 Å². The standard InChI is InChI=1S/C23H32N4O3/c1-23(2,3)14-27-18-12-11-17(25-20(18)26(4)22(27)29)15-7-9-16(10-8-15)24-21(28)19-6-5-13-30-19/h7,11-12,16,19H,5-6,8-10,13-14H2,1-4H3,(H,24,28). The van der Waals surface area contributed by atoms with Crippen LogP contribution in [-0.4, -0.2) is 38.8 Å². The van der Waals surface area contributed by atoms with Crippen LogP contribution in [0.1, 0.15) is 58.6 Å². The molecule has 1 saturated heterocycles. The molecule has 3 heterocycles. The molecule has 1 aliphatic carbocycles. The third-order valence-corrected chi connectivity index (χ3v) is 5.92. The van der Waals surface area contributed by atoms with Gasteiger partial charge in [-0.2, -0.15) is 0 Å². The first-order chi connectivity index (χ1) is 14.2. The Hall–Kier alpha value is -2.41. The molecule has 1 aliphatic heterocycles. The highest BCUT2D eigenvalue weighted by Gasteiger charge is 2.27. The number of nitrogens with zero attached hydrogens (tertiary/aromatic N) is 3. The Morgan fingerprint density at radius 3 is 2.73 bits per heavy atom. The normalized spacial score (nSPS) is 22.3. The first kappa shape index (κ1) is 20.8. The highest BCUT2D eigenvalue weighted by molar-refractivity contribution is 5.81. The van der Waals surface area contributed by atoms with Crippen molar-refractivity contribution in [1.82, 2.24) is 19.4 Å². The number of amides is 1. The van der Waals surface area contributed by atoms with Crippen molar-refractivity contribution in [2.75, 3.05) is 6.61 Å². The van der Waals surface area contributed by atoms with Crippen LogP contribution < -0.4 is 11.0 Å². The summed E-state index contributed by atoms with van der Waals surface area (Å²) in [5.74, 6) is 0.0177. The van der Waals surface area contributed by atoms with Crippen LogP contribution in [0.4, 0.5) is 0 Å². The van der Waals surface area contributed by atoms with E-state index in [0.29, 0.717) is 13.2 Å². The maximum Gasteiger partial charge on any atom is 0.330 e. The van der Waals surface area contributed by atoms with Gasteiger partial charge in [-0.25, -0.2) is 9.78 Å². The van der Waals surface area contributed by atoms with E-state index >= 15 is 0 Å². The van der Waals surface area contributed by atoms with Crippen LogP contribution in [0.5, 0.6) is 0 Å². The number of carbonyl (C=O) groups is 1. The Morgan fingerprint density at radius 2 is 2.10 bits per heavy atom. The first-order valence-corrected chi connectivity index (χ1v) is 10.9. The molecule has 0 saturated carbocycles.